The van der Waals surface area contributed by atoms with Crippen molar-refractivity contribution >= 4 is 57.5 Å². The van der Waals surface area contributed by atoms with Gasteiger partial charge in [-0.2, -0.15) is 4.99 Å². The Morgan fingerprint density at radius 1 is 1.06 bits per heavy atom. The maximum Gasteiger partial charge on any atom is 0.271 e. The molecule has 0 spiro atoms. The molecular weight excluding hydrogens is 482 g/mol. The number of hydrogen-bond donors (Lipinski definition) is 2. The average Bonchev–Trinajstić information content (AvgIpc) is 3.50. The summed E-state index contributed by atoms with van der Waals surface area (Å²) < 4.78 is 0. The van der Waals surface area contributed by atoms with Gasteiger partial charge in [-0.25, -0.2) is 4.99 Å². The minimum Gasteiger partial charge on any atom is -0.353 e. The van der Waals surface area contributed by atoms with Crippen LogP contribution in [0.4, 0.5) is 5.69 Å². The van der Waals surface area contributed by atoms with E-state index in [1.807, 2.05) is 41.8 Å². The standard InChI is InChI=1S/C25H27N5O3S2/c31-21(26-14-17-9-6-12-34-17)13-20-24(33)29-23-18-10-4-5-11-19(18)28-25(30(20)23)35-15-22(32)27-16-7-2-1-3-8-16/h4-6,9-12,16,20H,1-3,7-8,13-15H2,(H,26,31)(H,27,32). The molecule has 1 unspecified atom stereocenters. The van der Waals surface area contributed by atoms with Crippen LogP contribution in [-0.4, -0.2) is 51.5 Å². The molecule has 1 saturated carbocycles. The highest BCUT2D eigenvalue weighted by atomic mass is 32.2. The van der Waals surface area contributed by atoms with Crippen molar-refractivity contribution in [2.45, 2.75) is 57.2 Å². The second-order valence-electron chi connectivity index (χ2n) is 8.82. The number of para-hydroxylation sites is 1. The molecule has 0 saturated heterocycles. The minimum atomic E-state index is -0.783. The summed E-state index contributed by atoms with van der Waals surface area (Å²) in [6.45, 7) is 0.422. The number of amides is 3. The SMILES string of the molecule is O=C(CC1C(=O)N=C2c3ccccc3N=C(SCC(=O)NC3CCCCC3)N21)NCc1cccs1. The summed E-state index contributed by atoms with van der Waals surface area (Å²) in [5.74, 6) is 0.0335. The number of nitrogens with zero attached hydrogens (tertiary/aromatic N) is 3. The van der Waals surface area contributed by atoms with Gasteiger partial charge in [0.2, 0.25) is 11.8 Å². The van der Waals surface area contributed by atoms with Gasteiger partial charge in [0.15, 0.2) is 5.17 Å². The molecule has 0 radical (unpaired) electrons. The fraction of sp³-hybridized carbons (Fsp3) is 0.400. The molecule has 10 heteroatoms. The molecule has 2 aliphatic heterocycles. The summed E-state index contributed by atoms with van der Waals surface area (Å²) in [4.78, 5) is 50.1. The van der Waals surface area contributed by atoms with Gasteiger partial charge in [0, 0.05) is 16.5 Å². The quantitative estimate of drug-likeness (QED) is 0.594. The van der Waals surface area contributed by atoms with Gasteiger partial charge >= 0.3 is 0 Å². The number of amidine groups is 2. The zero-order valence-corrected chi connectivity index (χ0v) is 20.9. The zero-order valence-electron chi connectivity index (χ0n) is 19.2. The van der Waals surface area contributed by atoms with Crippen molar-refractivity contribution in [1.29, 1.82) is 0 Å². The van der Waals surface area contributed by atoms with Gasteiger partial charge in [-0.15, -0.1) is 11.3 Å². The molecule has 2 aromatic rings. The van der Waals surface area contributed by atoms with E-state index in [1.165, 1.54) is 18.2 Å². The van der Waals surface area contributed by atoms with Crippen LogP contribution in [0.15, 0.2) is 51.8 Å². The summed E-state index contributed by atoms with van der Waals surface area (Å²) >= 11 is 2.84. The molecule has 0 bridgehead atoms. The maximum atomic E-state index is 12.9. The summed E-state index contributed by atoms with van der Waals surface area (Å²) in [6, 6.07) is 10.8. The Morgan fingerprint density at radius 3 is 2.69 bits per heavy atom. The largest absolute Gasteiger partial charge is 0.353 e. The van der Waals surface area contributed by atoms with Crippen molar-refractivity contribution < 1.29 is 14.4 Å². The van der Waals surface area contributed by atoms with Crippen LogP contribution in [0.2, 0.25) is 0 Å². The smallest absolute Gasteiger partial charge is 0.271 e. The lowest BCUT2D eigenvalue weighted by Gasteiger charge is -2.31. The predicted molar refractivity (Wildman–Crippen MR) is 139 cm³/mol. The molecule has 1 aliphatic carbocycles. The molecule has 1 aromatic heterocycles. The van der Waals surface area contributed by atoms with Gasteiger partial charge < -0.3 is 10.6 Å². The Kier molecular flexibility index (Phi) is 7.29. The van der Waals surface area contributed by atoms with Gasteiger partial charge in [0.05, 0.1) is 24.4 Å². The number of rotatable bonds is 7. The third kappa shape index (κ3) is 5.48. The molecule has 3 aliphatic rings. The van der Waals surface area contributed by atoms with Crippen molar-refractivity contribution in [3.63, 3.8) is 0 Å². The van der Waals surface area contributed by atoms with Crippen LogP contribution in [0.1, 0.15) is 49.0 Å². The molecule has 3 heterocycles. The summed E-state index contributed by atoms with van der Waals surface area (Å²) in [5.41, 5.74) is 1.45. The number of thioether (sulfide) groups is 1. The maximum absolute atomic E-state index is 12.9. The first-order valence-corrected chi connectivity index (χ1v) is 13.8. The van der Waals surface area contributed by atoms with Crippen molar-refractivity contribution in [1.82, 2.24) is 15.5 Å². The molecule has 1 aromatic carbocycles. The van der Waals surface area contributed by atoms with Gasteiger partial charge in [0.25, 0.3) is 5.91 Å². The topological polar surface area (TPSA) is 103 Å². The van der Waals surface area contributed by atoms with Crippen molar-refractivity contribution in [2.75, 3.05) is 5.75 Å². The summed E-state index contributed by atoms with van der Waals surface area (Å²) in [7, 11) is 0. The Hall–Kier alpha value is -2.98. The van der Waals surface area contributed by atoms with E-state index in [0.29, 0.717) is 23.2 Å². The first kappa shape index (κ1) is 23.7. The lowest BCUT2D eigenvalue weighted by molar-refractivity contribution is -0.126. The fourth-order valence-corrected chi connectivity index (χ4v) is 6.10. The molecule has 3 amide bonds. The highest BCUT2D eigenvalue weighted by Gasteiger charge is 2.42. The van der Waals surface area contributed by atoms with Crippen LogP contribution in [0.3, 0.4) is 0 Å². The van der Waals surface area contributed by atoms with E-state index in [2.05, 4.69) is 15.6 Å². The normalized spacial score (nSPS) is 19.5. The number of carbonyl (C=O) groups is 3. The van der Waals surface area contributed by atoms with Crippen LogP contribution in [0.25, 0.3) is 0 Å². The Bertz CT molecular complexity index is 1170. The van der Waals surface area contributed by atoms with Gasteiger partial charge in [-0.3, -0.25) is 19.3 Å². The van der Waals surface area contributed by atoms with Gasteiger partial charge in [-0.05, 0) is 36.4 Å². The van der Waals surface area contributed by atoms with Crippen molar-refractivity contribution in [3.05, 3.63) is 52.2 Å². The third-order valence-electron chi connectivity index (χ3n) is 6.33. The zero-order chi connectivity index (χ0) is 24.2. The van der Waals surface area contributed by atoms with Crippen LogP contribution in [0, 0.1) is 0 Å². The average molecular weight is 510 g/mol. The van der Waals surface area contributed by atoms with Gasteiger partial charge in [0.1, 0.15) is 11.9 Å². The summed E-state index contributed by atoms with van der Waals surface area (Å²) in [6.07, 6.45) is 5.52. The Labute approximate surface area is 212 Å². The monoisotopic (exact) mass is 509 g/mol. The van der Waals surface area contributed by atoms with Crippen LogP contribution in [-0.2, 0) is 20.9 Å². The second kappa shape index (κ2) is 10.7. The first-order valence-electron chi connectivity index (χ1n) is 11.9. The van der Waals surface area contributed by atoms with Crippen molar-refractivity contribution in [3.8, 4) is 0 Å². The first-order chi connectivity index (χ1) is 17.1. The molecule has 8 nitrogen and oxygen atoms in total. The molecule has 1 fully saturated rings. The van der Waals surface area contributed by atoms with Crippen LogP contribution < -0.4 is 10.6 Å². The van der Waals surface area contributed by atoms with E-state index in [0.717, 1.165) is 36.1 Å². The highest BCUT2D eigenvalue weighted by Crippen LogP contribution is 2.35. The fourth-order valence-electron chi connectivity index (χ4n) is 4.60. The van der Waals surface area contributed by atoms with Crippen LogP contribution >= 0.6 is 23.1 Å². The number of hydrogen-bond acceptors (Lipinski definition) is 7. The molecule has 2 N–H and O–H groups in total. The Morgan fingerprint density at radius 2 is 1.89 bits per heavy atom. The number of carbonyl (C=O) groups excluding carboxylic acids is 3. The van der Waals surface area contributed by atoms with E-state index in [9.17, 15) is 14.4 Å². The lowest BCUT2D eigenvalue weighted by atomic mass is 9.95. The molecule has 1 atom stereocenters. The van der Waals surface area contributed by atoms with E-state index < -0.39 is 6.04 Å². The third-order valence-corrected chi connectivity index (χ3v) is 8.16. The van der Waals surface area contributed by atoms with E-state index in [4.69, 9.17) is 4.99 Å². The number of fused-ring (bicyclic) bond motifs is 3. The number of benzene rings is 1. The van der Waals surface area contributed by atoms with Gasteiger partial charge in [-0.1, -0.05) is 49.2 Å². The predicted octanol–water partition coefficient (Wildman–Crippen LogP) is 3.60. The lowest BCUT2D eigenvalue weighted by Crippen LogP contribution is -2.46. The molecule has 35 heavy (non-hydrogen) atoms. The number of aliphatic imine (C=N–C) groups is 2. The van der Waals surface area contributed by atoms with E-state index >= 15 is 0 Å². The Balaban J connectivity index is 1.29. The highest BCUT2D eigenvalue weighted by molar-refractivity contribution is 8.14. The molecule has 5 rings (SSSR count). The number of nitrogens with one attached hydrogen (secondary N) is 2. The minimum absolute atomic E-state index is 0.0345. The second-order valence-corrected chi connectivity index (χ2v) is 10.8. The summed E-state index contributed by atoms with van der Waals surface area (Å²) in [5, 5.41) is 8.49. The number of thiophene rings is 1. The molecule has 182 valence electrons. The van der Waals surface area contributed by atoms with Crippen molar-refractivity contribution in [2.24, 2.45) is 9.98 Å². The van der Waals surface area contributed by atoms with E-state index in [-0.39, 0.29) is 35.9 Å². The molecular formula is C25H27N5O3S2. The van der Waals surface area contributed by atoms with Crippen LogP contribution in [0.5, 0.6) is 0 Å². The van der Waals surface area contributed by atoms with E-state index in [1.54, 1.807) is 16.2 Å².